The zero-order valence-corrected chi connectivity index (χ0v) is 14.9. The van der Waals surface area contributed by atoms with Gasteiger partial charge in [0.15, 0.2) is 0 Å². The number of nitrogens with zero attached hydrogens (tertiary/aromatic N) is 1. The van der Waals surface area contributed by atoms with E-state index in [-0.39, 0.29) is 15.6 Å². The van der Waals surface area contributed by atoms with Crippen molar-refractivity contribution >= 4 is 59.2 Å². The molecule has 0 spiro atoms. The van der Waals surface area contributed by atoms with Crippen LogP contribution in [-0.4, -0.2) is 13.4 Å². The lowest BCUT2D eigenvalue weighted by Gasteiger charge is -2.11. The summed E-state index contributed by atoms with van der Waals surface area (Å²) in [6.07, 6.45) is 2.84. The molecule has 2 rings (SSSR count). The Kier molecular flexibility index (Phi) is 4.73. The van der Waals surface area contributed by atoms with Gasteiger partial charge in [0.1, 0.15) is 4.90 Å². The molecule has 0 atom stereocenters. The minimum absolute atomic E-state index is 0.120. The second-order valence-corrected chi connectivity index (χ2v) is 7.76. The molecule has 2 aromatic rings. The molecule has 0 amide bonds. The van der Waals surface area contributed by atoms with Gasteiger partial charge in [0.25, 0.3) is 10.0 Å². The molecule has 0 aliphatic heterocycles. The first-order chi connectivity index (χ1) is 9.31. The predicted octanol–water partition coefficient (Wildman–Crippen LogP) is 4.37. The van der Waals surface area contributed by atoms with Crippen molar-refractivity contribution in [2.45, 2.75) is 11.8 Å². The van der Waals surface area contributed by atoms with Crippen LogP contribution >= 0.6 is 43.5 Å². The Balaban J connectivity index is 2.47. The largest absolute Gasteiger partial charge is 0.277 e. The fraction of sp³-hybridized carbons (Fsp3) is 0.0833. The maximum Gasteiger partial charge on any atom is 0.263 e. The summed E-state index contributed by atoms with van der Waals surface area (Å²) in [5.74, 6) is 0. The lowest BCUT2D eigenvalue weighted by molar-refractivity contribution is 0.600. The number of hydrogen-bond acceptors (Lipinski definition) is 3. The van der Waals surface area contributed by atoms with E-state index in [1.807, 2.05) is 6.92 Å². The topological polar surface area (TPSA) is 59.1 Å². The average molecular weight is 441 g/mol. The predicted molar refractivity (Wildman–Crippen MR) is 86.6 cm³/mol. The number of hydrogen-bond donors (Lipinski definition) is 1. The van der Waals surface area contributed by atoms with E-state index in [0.717, 1.165) is 5.56 Å². The molecule has 1 aromatic heterocycles. The maximum absolute atomic E-state index is 12.4. The Labute approximate surface area is 138 Å². The van der Waals surface area contributed by atoms with Crippen LogP contribution in [0.25, 0.3) is 0 Å². The third-order valence-corrected chi connectivity index (χ3v) is 6.02. The monoisotopic (exact) mass is 438 g/mol. The lowest BCUT2D eigenvalue weighted by atomic mass is 10.2. The van der Waals surface area contributed by atoms with E-state index >= 15 is 0 Å². The van der Waals surface area contributed by atoms with Crippen molar-refractivity contribution in [3.8, 4) is 0 Å². The molecule has 106 valence electrons. The van der Waals surface area contributed by atoms with E-state index in [1.54, 1.807) is 6.07 Å². The summed E-state index contributed by atoms with van der Waals surface area (Å²) in [6, 6.07) is 4.77. The highest BCUT2D eigenvalue weighted by molar-refractivity contribution is 9.11. The minimum Gasteiger partial charge on any atom is -0.277 e. The van der Waals surface area contributed by atoms with Gasteiger partial charge in [-0.1, -0.05) is 27.5 Å². The number of pyridine rings is 1. The highest BCUT2D eigenvalue weighted by Crippen LogP contribution is 2.31. The van der Waals surface area contributed by atoms with Crippen LogP contribution < -0.4 is 4.72 Å². The zero-order valence-electron chi connectivity index (χ0n) is 10.2. The van der Waals surface area contributed by atoms with Crippen molar-refractivity contribution in [1.29, 1.82) is 0 Å². The number of sulfonamides is 1. The number of anilines is 1. The number of aryl methyl sites for hydroxylation is 1. The number of rotatable bonds is 3. The fourth-order valence-electron chi connectivity index (χ4n) is 1.49. The molecule has 0 fully saturated rings. The molecule has 0 saturated heterocycles. The highest BCUT2D eigenvalue weighted by atomic mass is 79.9. The van der Waals surface area contributed by atoms with Crippen LogP contribution in [0.15, 0.2) is 44.4 Å². The van der Waals surface area contributed by atoms with Gasteiger partial charge in [-0.05, 0) is 46.6 Å². The molecule has 8 heteroatoms. The molecule has 1 aromatic carbocycles. The minimum atomic E-state index is -3.76. The van der Waals surface area contributed by atoms with E-state index in [4.69, 9.17) is 11.6 Å². The summed E-state index contributed by atoms with van der Waals surface area (Å²) in [4.78, 5) is 3.97. The molecule has 20 heavy (non-hydrogen) atoms. The summed E-state index contributed by atoms with van der Waals surface area (Å²) < 4.78 is 28.4. The number of halogens is 3. The normalized spacial score (nSPS) is 11.4. The quantitative estimate of drug-likeness (QED) is 0.771. The summed E-state index contributed by atoms with van der Waals surface area (Å²) in [5.41, 5.74) is 1.16. The third kappa shape index (κ3) is 3.33. The first-order valence-electron chi connectivity index (χ1n) is 5.39. The van der Waals surface area contributed by atoms with Crippen LogP contribution in [0.3, 0.4) is 0 Å². The molecule has 0 aliphatic carbocycles. The Morgan fingerprint density at radius 3 is 2.60 bits per heavy atom. The molecule has 0 aliphatic rings. The SMILES string of the molecule is Cc1cc(Br)c(S(=O)(=O)Nc2cnccc2Cl)cc1Br. The van der Waals surface area contributed by atoms with Crippen molar-refractivity contribution < 1.29 is 8.42 Å². The van der Waals surface area contributed by atoms with Crippen LogP contribution in [0, 0.1) is 6.92 Å². The van der Waals surface area contributed by atoms with Crippen molar-refractivity contribution in [3.63, 3.8) is 0 Å². The summed E-state index contributed by atoms with van der Waals surface area (Å²) in [5, 5.41) is 0.283. The van der Waals surface area contributed by atoms with Gasteiger partial charge in [0.05, 0.1) is 16.9 Å². The fourth-order valence-corrected chi connectivity index (χ4v) is 4.44. The smallest absolute Gasteiger partial charge is 0.263 e. The molecular formula is C12H9Br2ClN2O2S. The third-order valence-electron chi connectivity index (χ3n) is 2.51. The molecule has 0 unspecified atom stereocenters. The first-order valence-corrected chi connectivity index (χ1v) is 8.84. The van der Waals surface area contributed by atoms with Crippen molar-refractivity contribution in [1.82, 2.24) is 4.98 Å². The molecule has 0 bridgehead atoms. The molecule has 0 radical (unpaired) electrons. The van der Waals surface area contributed by atoms with Crippen LogP contribution in [0.1, 0.15) is 5.56 Å². The van der Waals surface area contributed by atoms with Gasteiger partial charge in [-0.25, -0.2) is 8.42 Å². The molecule has 4 nitrogen and oxygen atoms in total. The summed E-state index contributed by atoms with van der Waals surface area (Å²) in [7, 11) is -3.76. The van der Waals surface area contributed by atoms with E-state index in [9.17, 15) is 8.42 Å². The van der Waals surface area contributed by atoms with Crippen LogP contribution in [0.2, 0.25) is 5.02 Å². The Hall–Kier alpha value is -0.630. The van der Waals surface area contributed by atoms with Gasteiger partial charge < -0.3 is 0 Å². The van der Waals surface area contributed by atoms with Gasteiger partial charge in [0, 0.05) is 15.1 Å². The van der Waals surface area contributed by atoms with Crippen LogP contribution in [-0.2, 0) is 10.0 Å². The van der Waals surface area contributed by atoms with E-state index in [2.05, 4.69) is 41.6 Å². The van der Waals surface area contributed by atoms with Gasteiger partial charge in [0.2, 0.25) is 0 Å². The Morgan fingerprint density at radius 2 is 1.95 bits per heavy atom. The number of nitrogens with one attached hydrogen (secondary N) is 1. The van der Waals surface area contributed by atoms with E-state index < -0.39 is 10.0 Å². The van der Waals surface area contributed by atoms with E-state index in [0.29, 0.717) is 8.95 Å². The molecular weight excluding hydrogens is 431 g/mol. The lowest BCUT2D eigenvalue weighted by Crippen LogP contribution is -2.14. The van der Waals surface area contributed by atoms with Crippen molar-refractivity contribution in [2.24, 2.45) is 0 Å². The zero-order chi connectivity index (χ0) is 14.9. The van der Waals surface area contributed by atoms with Gasteiger partial charge in [-0.15, -0.1) is 0 Å². The average Bonchev–Trinajstić information content (AvgIpc) is 2.36. The van der Waals surface area contributed by atoms with Crippen molar-refractivity contribution in [2.75, 3.05) is 4.72 Å². The number of aromatic nitrogens is 1. The molecule has 1 N–H and O–H groups in total. The van der Waals surface area contributed by atoms with Gasteiger partial charge >= 0.3 is 0 Å². The highest BCUT2D eigenvalue weighted by Gasteiger charge is 2.20. The standard InChI is InChI=1S/C12H9Br2ClN2O2S/c1-7-4-9(14)12(5-8(7)13)20(18,19)17-11-6-16-3-2-10(11)15/h2-6,17H,1H3. The number of benzene rings is 1. The maximum atomic E-state index is 12.4. The second-order valence-electron chi connectivity index (χ2n) is 3.99. The molecule has 1 heterocycles. The summed E-state index contributed by atoms with van der Waals surface area (Å²) in [6.45, 7) is 1.87. The van der Waals surface area contributed by atoms with Gasteiger partial charge in [-0.3, -0.25) is 9.71 Å². The van der Waals surface area contributed by atoms with E-state index in [1.165, 1.54) is 24.5 Å². The Bertz CT molecular complexity index is 766. The van der Waals surface area contributed by atoms with Crippen molar-refractivity contribution in [3.05, 3.63) is 50.1 Å². The summed E-state index contributed by atoms with van der Waals surface area (Å²) >= 11 is 12.5. The second kappa shape index (κ2) is 6.01. The van der Waals surface area contributed by atoms with Crippen LogP contribution in [0.5, 0.6) is 0 Å². The van der Waals surface area contributed by atoms with Crippen LogP contribution in [0.4, 0.5) is 5.69 Å². The Morgan fingerprint density at radius 1 is 1.25 bits per heavy atom. The molecule has 0 saturated carbocycles. The van der Waals surface area contributed by atoms with Gasteiger partial charge in [-0.2, -0.15) is 0 Å². The first kappa shape index (κ1) is 15.8.